The molecular weight excluding hydrogens is 442 g/mol. The van der Waals surface area contributed by atoms with Crippen LogP contribution in [0, 0.1) is 13.8 Å². The molecule has 1 amide bonds. The highest BCUT2D eigenvalue weighted by atomic mass is 16.3. The standard InChI is InChI=1S/C27H23N5O3/c1-17-18(2)28-27(30-25(17)33)32-23(16-21(31-32)22-14-9-15-35-22)29-26(34)24(19-10-5-3-6-11-19)20-12-7-4-8-13-20/h3-16,24H,1-2H3,(H,29,34)(H,28,30,33). The molecule has 0 radical (unpaired) electrons. The van der Waals surface area contributed by atoms with E-state index in [1.807, 2.05) is 60.7 Å². The maximum Gasteiger partial charge on any atom is 0.255 e. The predicted molar refractivity (Wildman–Crippen MR) is 133 cm³/mol. The van der Waals surface area contributed by atoms with Crippen molar-refractivity contribution < 1.29 is 9.21 Å². The van der Waals surface area contributed by atoms with Crippen molar-refractivity contribution in [3.63, 3.8) is 0 Å². The highest BCUT2D eigenvalue weighted by molar-refractivity contribution is 5.98. The number of H-pyrrole nitrogens is 1. The van der Waals surface area contributed by atoms with Gasteiger partial charge in [0.25, 0.3) is 5.56 Å². The zero-order valence-corrected chi connectivity index (χ0v) is 19.2. The summed E-state index contributed by atoms with van der Waals surface area (Å²) in [6.07, 6.45) is 1.55. The summed E-state index contributed by atoms with van der Waals surface area (Å²) in [6, 6.07) is 24.3. The Balaban J connectivity index is 1.59. The number of nitrogens with one attached hydrogen (secondary N) is 2. The second-order valence-corrected chi connectivity index (χ2v) is 8.15. The third-order valence-electron chi connectivity index (χ3n) is 5.85. The monoisotopic (exact) mass is 465 g/mol. The zero-order valence-electron chi connectivity index (χ0n) is 19.2. The fourth-order valence-electron chi connectivity index (χ4n) is 3.89. The summed E-state index contributed by atoms with van der Waals surface area (Å²) in [5, 5.41) is 7.57. The molecule has 3 heterocycles. The van der Waals surface area contributed by atoms with Crippen molar-refractivity contribution in [2.45, 2.75) is 19.8 Å². The number of aromatic nitrogens is 4. The lowest BCUT2D eigenvalue weighted by Crippen LogP contribution is -2.25. The van der Waals surface area contributed by atoms with E-state index in [0.717, 1.165) is 11.1 Å². The van der Waals surface area contributed by atoms with Crippen molar-refractivity contribution in [3.8, 4) is 17.4 Å². The van der Waals surface area contributed by atoms with E-state index in [1.54, 1.807) is 38.3 Å². The molecule has 8 heteroatoms. The van der Waals surface area contributed by atoms with Gasteiger partial charge in [-0.15, -0.1) is 0 Å². The first kappa shape index (κ1) is 22.1. The average molecular weight is 466 g/mol. The SMILES string of the molecule is Cc1nc(-n2nc(-c3ccco3)cc2NC(=O)C(c2ccccc2)c2ccccc2)[nH]c(=O)c1C. The maximum atomic E-state index is 13.7. The van der Waals surface area contributed by atoms with Crippen LogP contribution in [0.3, 0.4) is 0 Å². The van der Waals surface area contributed by atoms with E-state index in [2.05, 4.69) is 20.4 Å². The van der Waals surface area contributed by atoms with Gasteiger partial charge in [-0.2, -0.15) is 9.78 Å². The molecule has 0 unspecified atom stereocenters. The summed E-state index contributed by atoms with van der Waals surface area (Å²) in [6.45, 7) is 3.46. The molecule has 3 aromatic heterocycles. The van der Waals surface area contributed by atoms with Crippen LogP contribution in [-0.4, -0.2) is 25.7 Å². The van der Waals surface area contributed by atoms with E-state index in [1.165, 1.54) is 4.68 Å². The first-order valence-electron chi connectivity index (χ1n) is 11.1. The third-order valence-corrected chi connectivity index (χ3v) is 5.85. The van der Waals surface area contributed by atoms with Crippen LogP contribution in [0.1, 0.15) is 28.3 Å². The van der Waals surface area contributed by atoms with Gasteiger partial charge in [0.2, 0.25) is 11.9 Å². The van der Waals surface area contributed by atoms with E-state index in [9.17, 15) is 9.59 Å². The molecule has 2 N–H and O–H groups in total. The Morgan fingerprint density at radius 2 is 1.63 bits per heavy atom. The number of aryl methyl sites for hydroxylation is 1. The molecule has 0 atom stereocenters. The van der Waals surface area contributed by atoms with Gasteiger partial charge in [-0.05, 0) is 37.1 Å². The first-order valence-corrected chi connectivity index (χ1v) is 11.1. The van der Waals surface area contributed by atoms with Gasteiger partial charge in [-0.3, -0.25) is 14.6 Å². The summed E-state index contributed by atoms with van der Waals surface area (Å²) < 4.78 is 6.91. The summed E-state index contributed by atoms with van der Waals surface area (Å²) in [4.78, 5) is 33.4. The highest BCUT2D eigenvalue weighted by Gasteiger charge is 2.25. The highest BCUT2D eigenvalue weighted by Crippen LogP contribution is 2.29. The summed E-state index contributed by atoms with van der Waals surface area (Å²) >= 11 is 0. The lowest BCUT2D eigenvalue weighted by molar-refractivity contribution is -0.116. The molecule has 35 heavy (non-hydrogen) atoms. The first-order chi connectivity index (χ1) is 17.0. The lowest BCUT2D eigenvalue weighted by Gasteiger charge is -2.18. The van der Waals surface area contributed by atoms with Gasteiger partial charge in [0.05, 0.1) is 12.2 Å². The van der Waals surface area contributed by atoms with Crippen LogP contribution in [0.25, 0.3) is 17.4 Å². The Hall–Kier alpha value is -4.72. The fourth-order valence-corrected chi connectivity index (χ4v) is 3.89. The van der Waals surface area contributed by atoms with Gasteiger partial charge < -0.3 is 9.73 Å². The summed E-state index contributed by atoms with van der Waals surface area (Å²) in [5.74, 6) is 0.264. The van der Waals surface area contributed by atoms with Gasteiger partial charge in [-0.1, -0.05) is 60.7 Å². The van der Waals surface area contributed by atoms with Gasteiger partial charge >= 0.3 is 0 Å². The van der Waals surface area contributed by atoms with Crippen molar-refractivity contribution in [3.05, 3.63) is 118 Å². The molecule has 5 aromatic rings. The van der Waals surface area contributed by atoms with Gasteiger partial charge in [0.1, 0.15) is 11.5 Å². The van der Waals surface area contributed by atoms with Crippen LogP contribution < -0.4 is 10.9 Å². The normalized spacial score (nSPS) is 11.1. The molecule has 5 rings (SSSR count). The quantitative estimate of drug-likeness (QED) is 0.381. The number of hydrogen-bond donors (Lipinski definition) is 2. The van der Waals surface area contributed by atoms with E-state index < -0.39 is 5.92 Å². The van der Waals surface area contributed by atoms with Crippen LogP contribution >= 0.6 is 0 Å². The number of carbonyl (C=O) groups excluding carboxylic acids is 1. The van der Waals surface area contributed by atoms with E-state index in [0.29, 0.717) is 28.5 Å². The molecule has 8 nitrogen and oxygen atoms in total. The Morgan fingerprint density at radius 1 is 0.971 bits per heavy atom. The number of furan rings is 1. The molecular formula is C27H23N5O3. The Bertz CT molecular complexity index is 1480. The van der Waals surface area contributed by atoms with Crippen LogP contribution in [0.15, 0.2) is 94.3 Å². The van der Waals surface area contributed by atoms with E-state index in [4.69, 9.17) is 4.42 Å². The molecule has 0 aliphatic rings. The number of hydrogen-bond acceptors (Lipinski definition) is 5. The van der Waals surface area contributed by atoms with Crippen LogP contribution in [-0.2, 0) is 4.79 Å². The molecule has 0 bridgehead atoms. The zero-order chi connectivity index (χ0) is 24.4. The molecule has 174 valence electrons. The Morgan fingerprint density at radius 3 is 2.20 bits per heavy atom. The molecule has 0 fully saturated rings. The molecule has 0 aliphatic heterocycles. The van der Waals surface area contributed by atoms with Gasteiger partial charge in [0, 0.05) is 17.3 Å². The van der Waals surface area contributed by atoms with Gasteiger partial charge in [0.15, 0.2) is 5.76 Å². The van der Waals surface area contributed by atoms with Crippen LogP contribution in [0.2, 0.25) is 0 Å². The molecule has 0 saturated carbocycles. The van der Waals surface area contributed by atoms with E-state index in [-0.39, 0.29) is 17.4 Å². The Labute approximate surface area is 201 Å². The molecule has 2 aromatic carbocycles. The minimum Gasteiger partial charge on any atom is -0.463 e. The number of nitrogens with zero attached hydrogens (tertiary/aromatic N) is 3. The van der Waals surface area contributed by atoms with Crippen molar-refractivity contribution in [1.29, 1.82) is 0 Å². The maximum absolute atomic E-state index is 13.7. The third kappa shape index (κ3) is 4.41. The van der Waals surface area contributed by atoms with Crippen molar-refractivity contribution in [2.24, 2.45) is 0 Å². The van der Waals surface area contributed by atoms with Crippen LogP contribution in [0.4, 0.5) is 5.82 Å². The summed E-state index contributed by atoms with van der Waals surface area (Å²) in [5.41, 5.74) is 3.01. The van der Waals surface area contributed by atoms with Crippen LogP contribution in [0.5, 0.6) is 0 Å². The molecule has 0 aliphatic carbocycles. The summed E-state index contributed by atoms with van der Waals surface area (Å²) in [7, 11) is 0. The smallest absolute Gasteiger partial charge is 0.255 e. The number of anilines is 1. The fraction of sp³-hybridized carbons (Fsp3) is 0.111. The Kier molecular flexibility index (Phi) is 5.85. The second kappa shape index (κ2) is 9.26. The minimum absolute atomic E-state index is 0.196. The predicted octanol–water partition coefficient (Wildman–Crippen LogP) is 4.60. The largest absolute Gasteiger partial charge is 0.463 e. The molecule has 0 spiro atoms. The lowest BCUT2D eigenvalue weighted by atomic mass is 9.90. The number of aromatic amines is 1. The van der Waals surface area contributed by atoms with Gasteiger partial charge in [-0.25, -0.2) is 4.98 Å². The second-order valence-electron chi connectivity index (χ2n) is 8.15. The van der Waals surface area contributed by atoms with Crippen molar-refractivity contribution >= 4 is 11.7 Å². The minimum atomic E-state index is -0.556. The topological polar surface area (TPSA) is 106 Å². The molecule has 0 saturated heterocycles. The van der Waals surface area contributed by atoms with E-state index >= 15 is 0 Å². The number of amides is 1. The van der Waals surface area contributed by atoms with Crippen molar-refractivity contribution in [2.75, 3.05) is 5.32 Å². The number of carbonyl (C=O) groups is 1. The number of benzene rings is 2. The number of rotatable bonds is 6. The average Bonchev–Trinajstić information content (AvgIpc) is 3.54. The van der Waals surface area contributed by atoms with Crippen molar-refractivity contribution in [1.82, 2.24) is 19.7 Å².